The molecule has 22 heavy (non-hydrogen) atoms. The summed E-state index contributed by atoms with van der Waals surface area (Å²) in [6.07, 6.45) is 5.07. The van der Waals surface area contributed by atoms with Crippen LogP contribution in [0.25, 0.3) is 0 Å². The Morgan fingerprint density at radius 3 is 1.82 bits per heavy atom. The molecule has 0 aliphatic carbocycles. The van der Waals surface area contributed by atoms with E-state index in [9.17, 15) is 4.79 Å². The van der Waals surface area contributed by atoms with Crippen LogP contribution in [0, 0.1) is 0 Å². The molecule has 0 radical (unpaired) electrons. The third-order valence-electron chi connectivity index (χ3n) is 1.89. The van der Waals surface area contributed by atoms with Gasteiger partial charge in [0.15, 0.2) is 4.30 Å². The minimum atomic E-state index is -0.750. The monoisotopic (exact) mass is 378 g/mol. The van der Waals surface area contributed by atoms with Crippen LogP contribution in [-0.2, 0) is 4.74 Å². The Hall–Kier alpha value is -0.240. The first-order valence-electron chi connectivity index (χ1n) is 7.00. The fourth-order valence-corrected chi connectivity index (χ4v) is 0.934. The highest BCUT2D eigenvalue weighted by Crippen LogP contribution is 2.03. The highest BCUT2D eigenvalue weighted by Gasteiger charge is 1.97. The van der Waals surface area contributed by atoms with Crippen molar-refractivity contribution >= 4 is 40.9 Å². The van der Waals surface area contributed by atoms with Crippen LogP contribution >= 0.6 is 34.8 Å². The molecule has 9 heteroatoms. The summed E-state index contributed by atoms with van der Waals surface area (Å²) in [5, 5.41) is 2.59. The second kappa shape index (κ2) is 25.7. The Balaban J connectivity index is -0.000000300. The van der Waals surface area contributed by atoms with Gasteiger partial charge in [0, 0.05) is 6.54 Å². The number of ether oxygens (including phenoxy) is 1. The van der Waals surface area contributed by atoms with E-state index in [1.165, 1.54) is 6.08 Å². The maximum Gasteiger partial charge on any atom is 0.407 e. The molecule has 0 aliphatic rings. The first-order valence-corrected chi connectivity index (χ1v) is 8.31. The van der Waals surface area contributed by atoms with Gasteiger partial charge in [-0.25, -0.2) is 4.79 Å². The zero-order valence-electron chi connectivity index (χ0n) is 12.9. The molecule has 0 bridgehead atoms. The van der Waals surface area contributed by atoms with Crippen molar-refractivity contribution in [2.45, 2.75) is 30.0 Å². The normalized spacial score (nSPS) is 9.05. The second-order valence-electron chi connectivity index (χ2n) is 3.84. The molecule has 0 unspecified atom stereocenters. The highest BCUT2D eigenvalue weighted by molar-refractivity contribution is 6.63. The number of nitrogens with two attached hydrogens (primary N) is 3. The van der Waals surface area contributed by atoms with Crippen LogP contribution in [0.15, 0.2) is 12.7 Å². The quantitative estimate of drug-likeness (QED) is 0.279. The van der Waals surface area contributed by atoms with Crippen LogP contribution in [0.1, 0.15) is 25.7 Å². The number of carbonyl (C=O) groups excluding carboxylic acids is 1. The van der Waals surface area contributed by atoms with Crippen LogP contribution in [-0.4, -0.2) is 43.2 Å². The van der Waals surface area contributed by atoms with E-state index in [0.29, 0.717) is 13.1 Å². The van der Waals surface area contributed by atoms with E-state index in [1.807, 2.05) is 0 Å². The van der Waals surface area contributed by atoms with Crippen molar-refractivity contribution in [1.29, 1.82) is 0 Å². The molecule has 0 aromatic heterocycles. The molecule has 0 spiro atoms. The van der Waals surface area contributed by atoms with Gasteiger partial charge in [0.2, 0.25) is 0 Å². The fourth-order valence-electron chi connectivity index (χ4n) is 0.934. The first-order chi connectivity index (χ1) is 10.5. The zero-order valence-corrected chi connectivity index (χ0v) is 15.2. The second-order valence-corrected chi connectivity index (χ2v) is 5.82. The van der Waals surface area contributed by atoms with E-state index in [-0.39, 0.29) is 6.61 Å². The maximum atomic E-state index is 10.8. The van der Waals surface area contributed by atoms with Crippen molar-refractivity contribution in [1.82, 2.24) is 5.32 Å². The number of hydrogen-bond acceptors (Lipinski definition) is 5. The number of amides is 1. The van der Waals surface area contributed by atoms with Crippen LogP contribution in [0.4, 0.5) is 4.79 Å². The highest BCUT2D eigenvalue weighted by atomic mass is 35.6. The Morgan fingerprint density at radius 2 is 1.45 bits per heavy atom. The molecule has 134 valence electrons. The lowest BCUT2D eigenvalue weighted by molar-refractivity contribution is 0.158. The van der Waals surface area contributed by atoms with Gasteiger partial charge in [0.1, 0.15) is 6.61 Å². The lowest BCUT2D eigenvalue weighted by atomic mass is 10.3. The Morgan fingerprint density at radius 1 is 1.05 bits per heavy atom. The van der Waals surface area contributed by atoms with Crippen LogP contribution in [0.5, 0.6) is 0 Å². The van der Waals surface area contributed by atoms with E-state index < -0.39 is 10.4 Å². The molecule has 1 amide bonds. The minimum Gasteiger partial charge on any atom is -0.445 e. The molecule has 0 rings (SSSR count). The van der Waals surface area contributed by atoms with Gasteiger partial charge in [-0.15, -0.1) is 0 Å². The average Bonchev–Trinajstić information content (AvgIpc) is 2.47. The van der Waals surface area contributed by atoms with Crippen LogP contribution in [0.3, 0.4) is 0 Å². The maximum absolute atomic E-state index is 10.8. The average molecular weight is 380 g/mol. The molecule has 0 aromatic carbocycles. The molecule has 0 aliphatic heterocycles. The number of alkyl carbamates (subject to hydrolysis) is 1. The SMILES string of the molecule is C=CCOC(=O)NCCCCN.ClC(Cl)Cl.NCCCCN. The predicted octanol–water partition coefficient (Wildman–Crippen LogP) is 2.31. The summed E-state index contributed by atoms with van der Waals surface area (Å²) in [7, 11) is 0. The molecule has 0 heterocycles. The largest absolute Gasteiger partial charge is 0.445 e. The number of rotatable bonds is 9. The third kappa shape index (κ3) is 42.7. The molecule has 7 N–H and O–H groups in total. The lowest BCUT2D eigenvalue weighted by Crippen LogP contribution is -2.25. The zero-order chi connectivity index (χ0) is 17.6. The molecule has 6 nitrogen and oxygen atoms in total. The lowest BCUT2D eigenvalue weighted by Gasteiger charge is -2.03. The number of carbonyl (C=O) groups is 1. The van der Waals surface area contributed by atoms with Gasteiger partial charge in [0.05, 0.1) is 0 Å². The number of nitrogens with one attached hydrogen (secondary N) is 1. The molecular weight excluding hydrogens is 351 g/mol. The molecule has 0 atom stereocenters. The summed E-state index contributed by atoms with van der Waals surface area (Å²) in [4.78, 5) is 10.8. The molecule has 0 aromatic rings. The summed E-state index contributed by atoms with van der Waals surface area (Å²) >= 11 is 14.4. The van der Waals surface area contributed by atoms with Crippen molar-refractivity contribution in [2.75, 3.05) is 32.8 Å². The van der Waals surface area contributed by atoms with Crippen molar-refractivity contribution in [3.63, 3.8) is 0 Å². The van der Waals surface area contributed by atoms with Crippen LogP contribution in [0.2, 0.25) is 0 Å². The van der Waals surface area contributed by atoms with Gasteiger partial charge < -0.3 is 27.3 Å². The predicted molar refractivity (Wildman–Crippen MR) is 96.5 cm³/mol. The molecule has 0 fully saturated rings. The van der Waals surface area contributed by atoms with Gasteiger partial charge in [-0.05, 0) is 45.3 Å². The fraction of sp³-hybridized carbons (Fsp3) is 0.769. The summed E-state index contributed by atoms with van der Waals surface area (Å²) in [5.41, 5.74) is 15.6. The van der Waals surface area contributed by atoms with Crippen molar-refractivity contribution in [2.24, 2.45) is 17.2 Å². The van der Waals surface area contributed by atoms with E-state index >= 15 is 0 Å². The number of unbranched alkanes of at least 4 members (excludes halogenated alkanes) is 2. The topological polar surface area (TPSA) is 116 Å². The standard InChI is InChI=1S/C8H16N2O2.C4H12N2.CHCl3/c1-2-7-12-8(11)10-6-4-3-5-9;5-3-1-2-4-6;2-1(3)4/h2H,1,3-7,9H2,(H,10,11);1-6H2;1H. The number of hydrogen-bond donors (Lipinski definition) is 4. The van der Waals surface area contributed by atoms with E-state index in [2.05, 4.69) is 16.6 Å². The summed E-state index contributed by atoms with van der Waals surface area (Å²) in [5.74, 6) is 0. The van der Waals surface area contributed by atoms with Gasteiger partial charge in [-0.1, -0.05) is 47.5 Å². The molecule has 0 saturated carbocycles. The molecule has 0 saturated heterocycles. The van der Waals surface area contributed by atoms with Gasteiger partial charge in [-0.2, -0.15) is 0 Å². The van der Waals surface area contributed by atoms with E-state index in [0.717, 1.165) is 38.8 Å². The minimum absolute atomic E-state index is 0.253. The van der Waals surface area contributed by atoms with Crippen molar-refractivity contribution in [3.8, 4) is 0 Å². The van der Waals surface area contributed by atoms with E-state index in [1.54, 1.807) is 0 Å². The van der Waals surface area contributed by atoms with Gasteiger partial charge in [0.25, 0.3) is 0 Å². The van der Waals surface area contributed by atoms with Crippen LogP contribution < -0.4 is 22.5 Å². The van der Waals surface area contributed by atoms with Gasteiger partial charge >= 0.3 is 6.09 Å². The van der Waals surface area contributed by atoms with E-state index in [4.69, 9.17) is 52.0 Å². The third-order valence-corrected chi connectivity index (χ3v) is 1.89. The van der Waals surface area contributed by atoms with Gasteiger partial charge in [-0.3, -0.25) is 0 Å². The Bertz CT molecular complexity index is 229. The van der Waals surface area contributed by atoms with Crippen molar-refractivity contribution in [3.05, 3.63) is 12.7 Å². The molecular formula is C13H29Cl3N4O2. The smallest absolute Gasteiger partial charge is 0.407 e. The Labute approximate surface area is 148 Å². The first kappa shape index (κ1) is 26.6. The van der Waals surface area contributed by atoms with Crippen molar-refractivity contribution < 1.29 is 9.53 Å². The summed E-state index contributed by atoms with van der Waals surface area (Å²) < 4.78 is 3.92. The summed E-state index contributed by atoms with van der Waals surface area (Å²) in [6.45, 7) is 6.50. The number of alkyl halides is 3. The number of halogens is 3. The summed E-state index contributed by atoms with van der Waals surface area (Å²) in [6, 6.07) is 0. The Kier molecular flexibility index (Phi) is 31.1.